The molecule has 1 atom stereocenters. The number of aromatic hydroxyl groups is 1. The maximum absolute atomic E-state index is 11.5. The molecule has 0 bridgehead atoms. The van der Waals surface area contributed by atoms with Crippen LogP contribution in [0.25, 0.3) is 0 Å². The predicted octanol–water partition coefficient (Wildman–Crippen LogP) is 4.18. The van der Waals surface area contributed by atoms with Crippen LogP contribution in [0.4, 0.5) is 0 Å². The van der Waals surface area contributed by atoms with Gasteiger partial charge in [0.15, 0.2) is 11.5 Å². The number of aliphatic carboxylic acids is 1. The molecule has 1 aromatic carbocycles. The molecule has 0 amide bonds. The number of halogens is 2. The first-order valence-corrected chi connectivity index (χ1v) is 7.53. The Bertz CT molecular complexity index is 669. The van der Waals surface area contributed by atoms with Gasteiger partial charge in [0.1, 0.15) is 0 Å². The summed E-state index contributed by atoms with van der Waals surface area (Å²) in [6.45, 7) is 0. The number of carboxylic acids is 1. The second-order valence-electron chi connectivity index (χ2n) is 4.35. The predicted molar refractivity (Wildman–Crippen MR) is 83.1 cm³/mol. The maximum atomic E-state index is 11.5. The van der Waals surface area contributed by atoms with Crippen molar-refractivity contribution in [3.05, 3.63) is 44.1 Å². The molecule has 2 aromatic rings. The van der Waals surface area contributed by atoms with Crippen molar-refractivity contribution in [2.75, 3.05) is 7.11 Å². The van der Waals surface area contributed by atoms with Crippen LogP contribution in [0.2, 0.25) is 9.36 Å². The lowest BCUT2D eigenvalue weighted by atomic mass is 9.97. The van der Waals surface area contributed by atoms with Gasteiger partial charge in [-0.15, -0.1) is 11.3 Å². The minimum Gasteiger partial charge on any atom is -0.504 e. The summed E-state index contributed by atoms with van der Waals surface area (Å²) in [6, 6.07) is 6.32. The molecule has 1 unspecified atom stereocenters. The van der Waals surface area contributed by atoms with Crippen LogP contribution in [0.3, 0.4) is 0 Å². The molecular weight excluding hydrogens is 335 g/mol. The van der Waals surface area contributed by atoms with Gasteiger partial charge in [-0.1, -0.05) is 23.2 Å². The van der Waals surface area contributed by atoms with Crippen LogP contribution in [0.1, 0.15) is 16.4 Å². The first kappa shape index (κ1) is 15.9. The normalized spacial score (nSPS) is 12.1. The SMILES string of the molecule is COc1cc(Cl)cc(CC(C(=O)O)c2ccc(Cl)s2)c1O. The van der Waals surface area contributed by atoms with Crippen LogP contribution in [-0.2, 0) is 11.2 Å². The number of phenolic OH excluding ortho intramolecular Hbond substituents is 1. The van der Waals surface area contributed by atoms with Crippen molar-refractivity contribution < 1.29 is 19.7 Å². The smallest absolute Gasteiger partial charge is 0.312 e. The first-order valence-electron chi connectivity index (χ1n) is 5.95. The highest BCUT2D eigenvalue weighted by Crippen LogP contribution is 2.38. The summed E-state index contributed by atoms with van der Waals surface area (Å²) < 4.78 is 5.54. The summed E-state index contributed by atoms with van der Waals surface area (Å²) in [5.41, 5.74) is 0.413. The van der Waals surface area contributed by atoms with E-state index in [-0.39, 0.29) is 17.9 Å². The Morgan fingerprint density at radius 3 is 2.62 bits per heavy atom. The highest BCUT2D eigenvalue weighted by atomic mass is 35.5. The number of benzene rings is 1. The third-order valence-corrected chi connectivity index (χ3v) is 4.56. The lowest BCUT2D eigenvalue weighted by Gasteiger charge is -2.14. The van der Waals surface area contributed by atoms with Crippen molar-refractivity contribution in [1.29, 1.82) is 0 Å². The number of hydrogen-bond acceptors (Lipinski definition) is 4. The van der Waals surface area contributed by atoms with Gasteiger partial charge in [0.2, 0.25) is 0 Å². The molecule has 2 rings (SSSR count). The van der Waals surface area contributed by atoms with Gasteiger partial charge in [-0.25, -0.2) is 0 Å². The van der Waals surface area contributed by atoms with Crippen molar-refractivity contribution >= 4 is 40.5 Å². The van der Waals surface area contributed by atoms with E-state index in [0.29, 0.717) is 19.8 Å². The fraction of sp³-hybridized carbons (Fsp3) is 0.214. The number of hydrogen-bond donors (Lipinski definition) is 2. The lowest BCUT2D eigenvalue weighted by molar-refractivity contribution is -0.138. The fourth-order valence-corrected chi connectivity index (χ4v) is 3.37. The van der Waals surface area contributed by atoms with Gasteiger partial charge in [0, 0.05) is 21.5 Å². The molecule has 0 aliphatic carbocycles. The van der Waals surface area contributed by atoms with Crippen molar-refractivity contribution in [1.82, 2.24) is 0 Å². The number of methoxy groups -OCH3 is 1. The molecule has 7 heteroatoms. The van der Waals surface area contributed by atoms with Gasteiger partial charge in [0.05, 0.1) is 17.4 Å². The quantitative estimate of drug-likeness (QED) is 0.852. The van der Waals surface area contributed by atoms with Crippen LogP contribution in [0, 0.1) is 0 Å². The fourth-order valence-electron chi connectivity index (χ4n) is 1.98. The van der Waals surface area contributed by atoms with E-state index in [1.807, 2.05) is 0 Å². The minimum atomic E-state index is -0.994. The third-order valence-electron chi connectivity index (χ3n) is 3.00. The van der Waals surface area contributed by atoms with E-state index < -0.39 is 11.9 Å². The van der Waals surface area contributed by atoms with Gasteiger partial charge >= 0.3 is 5.97 Å². The second-order valence-corrected chi connectivity index (χ2v) is 6.54. The molecular formula is C14H12Cl2O4S. The summed E-state index contributed by atoms with van der Waals surface area (Å²) >= 11 is 13.0. The maximum Gasteiger partial charge on any atom is 0.312 e. The Labute approximate surface area is 135 Å². The first-order chi connectivity index (χ1) is 9.92. The van der Waals surface area contributed by atoms with Gasteiger partial charge in [-0.05, 0) is 24.6 Å². The van der Waals surface area contributed by atoms with Gasteiger partial charge < -0.3 is 14.9 Å². The van der Waals surface area contributed by atoms with Crippen LogP contribution in [0.5, 0.6) is 11.5 Å². The number of carbonyl (C=O) groups is 1. The topological polar surface area (TPSA) is 66.8 Å². The summed E-state index contributed by atoms with van der Waals surface area (Å²) in [5, 5.41) is 19.9. The number of rotatable bonds is 5. The number of carboxylic acid groups (broad SMARTS) is 1. The van der Waals surface area contributed by atoms with Gasteiger partial charge in [-0.2, -0.15) is 0 Å². The summed E-state index contributed by atoms with van der Waals surface area (Å²) in [6.07, 6.45) is 0.0922. The molecule has 1 aromatic heterocycles. The van der Waals surface area contributed by atoms with Crippen LogP contribution in [0.15, 0.2) is 24.3 Å². The second kappa shape index (κ2) is 6.56. The zero-order valence-corrected chi connectivity index (χ0v) is 13.3. The van der Waals surface area contributed by atoms with E-state index in [2.05, 4.69) is 0 Å². The molecule has 112 valence electrons. The molecule has 0 radical (unpaired) electrons. The zero-order chi connectivity index (χ0) is 15.6. The highest BCUT2D eigenvalue weighted by Gasteiger charge is 2.24. The highest BCUT2D eigenvalue weighted by molar-refractivity contribution is 7.16. The van der Waals surface area contributed by atoms with E-state index in [0.717, 1.165) is 0 Å². The standard InChI is InChI=1S/C14H12Cl2O4S/c1-20-10-6-8(15)4-7(13(10)17)5-9(14(18)19)11-2-3-12(16)21-11/h2-4,6,9,17H,5H2,1H3,(H,18,19). The molecule has 21 heavy (non-hydrogen) atoms. The number of thiophene rings is 1. The Kier molecular flexibility index (Phi) is 4.98. The Morgan fingerprint density at radius 2 is 2.10 bits per heavy atom. The van der Waals surface area contributed by atoms with Crippen LogP contribution < -0.4 is 4.74 Å². The van der Waals surface area contributed by atoms with Gasteiger partial charge in [0.25, 0.3) is 0 Å². The largest absolute Gasteiger partial charge is 0.504 e. The summed E-state index contributed by atoms with van der Waals surface area (Å²) in [7, 11) is 1.41. The molecule has 1 heterocycles. The Morgan fingerprint density at radius 1 is 1.38 bits per heavy atom. The minimum absolute atomic E-state index is 0.0922. The average Bonchev–Trinajstić information content (AvgIpc) is 2.85. The van der Waals surface area contributed by atoms with Crippen molar-refractivity contribution in [2.24, 2.45) is 0 Å². The third kappa shape index (κ3) is 3.61. The van der Waals surface area contributed by atoms with E-state index >= 15 is 0 Å². The van der Waals surface area contributed by atoms with E-state index in [1.54, 1.807) is 12.1 Å². The Hall–Kier alpha value is -1.43. The van der Waals surface area contributed by atoms with Gasteiger partial charge in [-0.3, -0.25) is 4.79 Å². The number of phenols is 1. The number of ether oxygens (including phenoxy) is 1. The molecule has 0 aliphatic rings. The van der Waals surface area contributed by atoms with Crippen LogP contribution in [-0.4, -0.2) is 23.3 Å². The van der Waals surface area contributed by atoms with Crippen molar-refractivity contribution in [2.45, 2.75) is 12.3 Å². The molecule has 4 nitrogen and oxygen atoms in total. The van der Waals surface area contributed by atoms with E-state index in [1.165, 1.54) is 30.6 Å². The lowest BCUT2D eigenvalue weighted by Crippen LogP contribution is -2.13. The molecule has 2 N–H and O–H groups in total. The monoisotopic (exact) mass is 346 g/mol. The average molecular weight is 347 g/mol. The van der Waals surface area contributed by atoms with E-state index in [9.17, 15) is 15.0 Å². The summed E-state index contributed by atoms with van der Waals surface area (Å²) in [5.74, 6) is -1.69. The van der Waals surface area contributed by atoms with Crippen LogP contribution >= 0.6 is 34.5 Å². The molecule has 0 spiro atoms. The molecule has 0 saturated carbocycles. The molecule has 0 saturated heterocycles. The van der Waals surface area contributed by atoms with Crippen molar-refractivity contribution in [3.63, 3.8) is 0 Å². The van der Waals surface area contributed by atoms with Crippen molar-refractivity contribution in [3.8, 4) is 11.5 Å². The molecule has 0 fully saturated rings. The molecule has 0 aliphatic heterocycles. The zero-order valence-electron chi connectivity index (χ0n) is 11.0. The summed E-state index contributed by atoms with van der Waals surface area (Å²) in [4.78, 5) is 12.1. The van der Waals surface area contributed by atoms with E-state index in [4.69, 9.17) is 27.9 Å². The Balaban J connectivity index is 2.38.